The summed E-state index contributed by atoms with van der Waals surface area (Å²) in [5.74, 6) is -1.62. The maximum Gasteiger partial charge on any atom is 0.323 e. The van der Waals surface area contributed by atoms with Crippen molar-refractivity contribution in [1.82, 2.24) is 9.88 Å². The Morgan fingerprint density at radius 3 is 2.72 bits per heavy atom. The van der Waals surface area contributed by atoms with E-state index in [4.69, 9.17) is 10.4 Å². The number of hydrogen-bond acceptors (Lipinski definition) is 4. The molecule has 0 aliphatic carbocycles. The first-order valence-electron chi connectivity index (χ1n) is 5.06. The van der Waals surface area contributed by atoms with Crippen molar-refractivity contribution in [3.63, 3.8) is 0 Å². The van der Waals surface area contributed by atoms with Gasteiger partial charge in [-0.05, 0) is 12.1 Å². The lowest BCUT2D eigenvalue weighted by Crippen LogP contribution is -2.36. The Balaban J connectivity index is 2.90. The fourth-order valence-corrected chi connectivity index (χ4v) is 1.29. The predicted octanol–water partition coefficient (Wildman–Crippen LogP) is 0.666. The number of nitriles is 1. The first-order valence-corrected chi connectivity index (χ1v) is 5.06. The van der Waals surface area contributed by atoms with E-state index in [2.05, 4.69) is 11.6 Å². The van der Waals surface area contributed by atoms with E-state index in [1.165, 1.54) is 24.4 Å². The van der Waals surface area contributed by atoms with Gasteiger partial charge in [0.25, 0.3) is 5.91 Å². The van der Waals surface area contributed by atoms with Gasteiger partial charge in [-0.25, -0.2) is 4.98 Å². The molecule has 0 bridgehead atoms. The second-order valence-corrected chi connectivity index (χ2v) is 3.41. The summed E-state index contributed by atoms with van der Waals surface area (Å²) in [6.45, 7) is 3.15. The van der Waals surface area contributed by atoms with E-state index >= 15 is 0 Å². The van der Waals surface area contributed by atoms with Gasteiger partial charge in [0, 0.05) is 12.7 Å². The Kier molecular flexibility index (Phi) is 4.58. The zero-order chi connectivity index (χ0) is 13.5. The lowest BCUT2D eigenvalue weighted by Gasteiger charge is -2.18. The topological polar surface area (TPSA) is 94.3 Å². The zero-order valence-corrected chi connectivity index (χ0v) is 9.54. The first-order chi connectivity index (χ1) is 8.58. The Hall–Kier alpha value is -2.68. The van der Waals surface area contributed by atoms with E-state index in [0.717, 1.165) is 4.90 Å². The van der Waals surface area contributed by atoms with Crippen molar-refractivity contribution >= 4 is 11.9 Å². The van der Waals surface area contributed by atoms with E-state index < -0.39 is 18.4 Å². The van der Waals surface area contributed by atoms with Gasteiger partial charge in [-0.2, -0.15) is 5.26 Å². The molecule has 6 heteroatoms. The molecule has 1 amide bonds. The van der Waals surface area contributed by atoms with Crippen LogP contribution in [0.2, 0.25) is 0 Å². The summed E-state index contributed by atoms with van der Waals surface area (Å²) in [5, 5.41) is 17.3. The van der Waals surface area contributed by atoms with Crippen molar-refractivity contribution in [2.24, 2.45) is 0 Å². The summed E-state index contributed by atoms with van der Waals surface area (Å²) in [6.07, 6.45) is 2.70. The van der Waals surface area contributed by atoms with Crippen molar-refractivity contribution in [3.05, 3.63) is 42.2 Å². The minimum Gasteiger partial charge on any atom is -0.480 e. The number of amides is 1. The van der Waals surface area contributed by atoms with Crippen LogP contribution in [0.15, 0.2) is 31.0 Å². The SMILES string of the molecule is C=CCN(CC(=O)O)C(=O)c1ccc(C#N)cn1. The molecule has 0 unspecified atom stereocenters. The molecule has 1 N–H and O–H groups in total. The first kappa shape index (κ1) is 13.4. The Morgan fingerprint density at radius 1 is 1.56 bits per heavy atom. The third-order valence-corrected chi connectivity index (χ3v) is 2.07. The van der Waals surface area contributed by atoms with E-state index in [1.54, 1.807) is 0 Å². The minimum atomic E-state index is -1.11. The number of carbonyl (C=O) groups excluding carboxylic acids is 1. The molecule has 1 rings (SSSR count). The van der Waals surface area contributed by atoms with Gasteiger partial charge in [0.05, 0.1) is 5.56 Å². The number of aliphatic carboxylic acids is 1. The summed E-state index contributed by atoms with van der Waals surface area (Å²) in [6, 6.07) is 4.72. The largest absolute Gasteiger partial charge is 0.480 e. The van der Waals surface area contributed by atoms with Crippen LogP contribution in [0, 0.1) is 11.3 Å². The van der Waals surface area contributed by atoms with Gasteiger partial charge in [0.1, 0.15) is 18.3 Å². The maximum absolute atomic E-state index is 11.9. The van der Waals surface area contributed by atoms with E-state index in [9.17, 15) is 9.59 Å². The minimum absolute atomic E-state index is 0.0945. The van der Waals surface area contributed by atoms with Crippen molar-refractivity contribution in [2.45, 2.75) is 0 Å². The molecule has 0 aliphatic rings. The number of pyridine rings is 1. The number of carboxylic acids is 1. The van der Waals surface area contributed by atoms with Gasteiger partial charge in [0.2, 0.25) is 0 Å². The number of rotatable bonds is 5. The van der Waals surface area contributed by atoms with Gasteiger partial charge in [-0.15, -0.1) is 6.58 Å². The molecule has 18 heavy (non-hydrogen) atoms. The van der Waals surface area contributed by atoms with Gasteiger partial charge in [-0.1, -0.05) is 6.08 Å². The predicted molar refractivity (Wildman–Crippen MR) is 62.7 cm³/mol. The number of nitrogens with zero attached hydrogens (tertiary/aromatic N) is 3. The molecule has 0 fully saturated rings. The molecule has 0 saturated carbocycles. The highest BCUT2D eigenvalue weighted by molar-refractivity contribution is 5.94. The van der Waals surface area contributed by atoms with Crippen molar-refractivity contribution in [1.29, 1.82) is 5.26 Å². The lowest BCUT2D eigenvalue weighted by molar-refractivity contribution is -0.137. The van der Waals surface area contributed by atoms with Crippen LogP contribution < -0.4 is 0 Å². The smallest absolute Gasteiger partial charge is 0.323 e. The van der Waals surface area contributed by atoms with Gasteiger partial charge in [-0.3, -0.25) is 9.59 Å². The van der Waals surface area contributed by atoms with Crippen LogP contribution in [0.5, 0.6) is 0 Å². The van der Waals surface area contributed by atoms with Crippen LogP contribution in [0.3, 0.4) is 0 Å². The Labute approximate surface area is 104 Å². The van der Waals surface area contributed by atoms with E-state index in [1.807, 2.05) is 6.07 Å². The van der Waals surface area contributed by atoms with Gasteiger partial charge < -0.3 is 10.0 Å². The zero-order valence-electron chi connectivity index (χ0n) is 9.54. The average Bonchev–Trinajstić information content (AvgIpc) is 2.37. The molecular formula is C12H11N3O3. The quantitative estimate of drug-likeness (QED) is 0.769. The fourth-order valence-electron chi connectivity index (χ4n) is 1.29. The maximum atomic E-state index is 11.9. The van der Waals surface area contributed by atoms with Crippen molar-refractivity contribution in [3.8, 4) is 6.07 Å². The van der Waals surface area contributed by atoms with Crippen molar-refractivity contribution < 1.29 is 14.7 Å². The summed E-state index contributed by atoms with van der Waals surface area (Å²) < 4.78 is 0. The number of aromatic nitrogens is 1. The van der Waals surface area contributed by atoms with Crippen LogP contribution in [-0.2, 0) is 4.79 Å². The highest BCUT2D eigenvalue weighted by atomic mass is 16.4. The highest BCUT2D eigenvalue weighted by Crippen LogP contribution is 2.04. The van der Waals surface area contributed by atoms with Crippen molar-refractivity contribution in [2.75, 3.05) is 13.1 Å². The normalized spacial score (nSPS) is 9.28. The van der Waals surface area contributed by atoms with Crippen LogP contribution in [-0.4, -0.2) is 40.0 Å². The summed E-state index contributed by atoms with van der Waals surface area (Å²) in [7, 11) is 0. The molecule has 0 atom stereocenters. The van der Waals surface area contributed by atoms with Crippen LogP contribution in [0.1, 0.15) is 16.1 Å². The molecule has 0 saturated heterocycles. The summed E-state index contributed by atoms with van der Waals surface area (Å²) in [4.78, 5) is 27.5. The number of hydrogen-bond donors (Lipinski definition) is 1. The fraction of sp³-hybridized carbons (Fsp3) is 0.167. The number of carbonyl (C=O) groups is 2. The standard InChI is InChI=1S/C12H11N3O3/c1-2-5-15(8-11(16)17)12(18)10-4-3-9(6-13)7-14-10/h2-4,7H,1,5,8H2,(H,16,17). The van der Waals surface area contributed by atoms with Gasteiger partial charge >= 0.3 is 5.97 Å². The summed E-state index contributed by atoms with van der Waals surface area (Å²) in [5.41, 5.74) is 0.428. The molecule has 0 spiro atoms. The summed E-state index contributed by atoms with van der Waals surface area (Å²) >= 11 is 0. The third kappa shape index (κ3) is 3.42. The Morgan fingerprint density at radius 2 is 2.28 bits per heavy atom. The number of carboxylic acid groups (broad SMARTS) is 1. The monoisotopic (exact) mass is 245 g/mol. The molecule has 1 heterocycles. The molecule has 6 nitrogen and oxygen atoms in total. The molecule has 92 valence electrons. The molecule has 1 aromatic heterocycles. The lowest BCUT2D eigenvalue weighted by atomic mass is 10.2. The average molecular weight is 245 g/mol. The van der Waals surface area contributed by atoms with Gasteiger partial charge in [0.15, 0.2) is 0 Å². The van der Waals surface area contributed by atoms with E-state index in [0.29, 0.717) is 5.56 Å². The van der Waals surface area contributed by atoms with Crippen LogP contribution >= 0.6 is 0 Å². The molecule has 0 radical (unpaired) electrons. The third-order valence-electron chi connectivity index (χ3n) is 2.07. The molecular weight excluding hydrogens is 234 g/mol. The van der Waals surface area contributed by atoms with Crippen LogP contribution in [0.4, 0.5) is 0 Å². The molecule has 0 aromatic carbocycles. The van der Waals surface area contributed by atoms with E-state index in [-0.39, 0.29) is 12.2 Å². The molecule has 1 aromatic rings. The van der Waals surface area contributed by atoms with Crippen LogP contribution in [0.25, 0.3) is 0 Å². The molecule has 0 aliphatic heterocycles. The second kappa shape index (κ2) is 6.15. The second-order valence-electron chi connectivity index (χ2n) is 3.41. The highest BCUT2D eigenvalue weighted by Gasteiger charge is 2.18. The Bertz CT molecular complexity index is 502.